The molecule has 5 rings (SSSR count). The smallest absolute Gasteiger partial charge is 0.165 e. The number of aromatic nitrogens is 6. The topological polar surface area (TPSA) is 122 Å². The van der Waals surface area contributed by atoms with Gasteiger partial charge in [-0.2, -0.15) is 0 Å². The number of nitrogens with two attached hydrogens (primary N) is 1. The molecule has 10 heteroatoms. The lowest BCUT2D eigenvalue weighted by molar-refractivity contribution is 0.467. The van der Waals surface area contributed by atoms with Crippen LogP contribution >= 0.6 is 11.3 Å². The van der Waals surface area contributed by atoms with E-state index in [1.165, 1.54) is 30.4 Å². The zero-order valence-electron chi connectivity index (χ0n) is 17.6. The number of thiazole rings is 1. The number of nitrogens with one attached hydrogen (secondary N) is 1. The van der Waals surface area contributed by atoms with E-state index in [2.05, 4.69) is 36.6 Å². The fourth-order valence-corrected chi connectivity index (χ4v) is 5.30. The molecule has 2 aliphatic rings. The number of allylic oxidation sites excluding steroid dienone is 1. The molecule has 3 aromatic rings. The minimum Gasteiger partial charge on any atom is -0.396 e. The van der Waals surface area contributed by atoms with E-state index in [9.17, 15) is 0 Å². The molecule has 0 spiro atoms. The highest BCUT2D eigenvalue weighted by molar-refractivity contribution is 7.07. The van der Waals surface area contributed by atoms with E-state index in [-0.39, 0.29) is 6.04 Å². The third-order valence-electron chi connectivity index (χ3n) is 6.21. The molecule has 1 unspecified atom stereocenters. The molecule has 1 saturated carbocycles. The Balaban J connectivity index is 1.71. The van der Waals surface area contributed by atoms with Crippen molar-refractivity contribution in [1.29, 1.82) is 5.41 Å². The average Bonchev–Trinajstić information content (AvgIpc) is 3.55. The number of fused-ring (bicyclic) bond motifs is 3. The zero-order valence-corrected chi connectivity index (χ0v) is 18.4. The predicted molar refractivity (Wildman–Crippen MR) is 121 cm³/mol. The SMILES string of the molecule is CCC1c2nnc(C)n2-c2cnc(/C(C=N)=C(/N)c3cscn3)nc2N1C1CCCC1. The maximum Gasteiger partial charge on any atom is 0.165 e. The highest BCUT2D eigenvalue weighted by atomic mass is 32.1. The summed E-state index contributed by atoms with van der Waals surface area (Å²) in [5, 5.41) is 18.7. The van der Waals surface area contributed by atoms with Gasteiger partial charge in [0.15, 0.2) is 17.5 Å². The number of hydrogen-bond acceptors (Lipinski definition) is 9. The highest BCUT2D eigenvalue weighted by Crippen LogP contribution is 2.43. The van der Waals surface area contributed by atoms with E-state index < -0.39 is 0 Å². The van der Waals surface area contributed by atoms with E-state index in [0.29, 0.717) is 28.8 Å². The highest BCUT2D eigenvalue weighted by Gasteiger charge is 2.39. The average molecular weight is 436 g/mol. The Morgan fingerprint density at radius 2 is 2.10 bits per heavy atom. The van der Waals surface area contributed by atoms with Crippen LogP contribution in [0, 0.1) is 12.3 Å². The van der Waals surface area contributed by atoms with Gasteiger partial charge in [-0.25, -0.2) is 15.0 Å². The molecule has 0 saturated heterocycles. The van der Waals surface area contributed by atoms with Gasteiger partial charge < -0.3 is 16.0 Å². The van der Waals surface area contributed by atoms with Crippen LogP contribution in [0.3, 0.4) is 0 Å². The summed E-state index contributed by atoms with van der Waals surface area (Å²) in [6.07, 6.45) is 8.64. The van der Waals surface area contributed by atoms with Gasteiger partial charge >= 0.3 is 0 Å². The molecule has 1 fully saturated rings. The molecule has 1 aliphatic heterocycles. The summed E-state index contributed by atoms with van der Waals surface area (Å²) in [4.78, 5) is 16.3. The molecule has 0 amide bonds. The Hall–Kier alpha value is -3.14. The number of hydrogen-bond donors (Lipinski definition) is 2. The van der Waals surface area contributed by atoms with Crippen LogP contribution in [-0.4, -0.2) is 42.0 Å². The van der Waals surface area contributed by atoms with Gasteiger partial charge in [-0.3, -0.25) is 4.57 Å². The van der Waals surface area contributed by atoms with Crippen molar-refractivity contribution in [3.05, 3.63) is 40.3 Å². The fraction of sp³-hybridized carbons (Fsp3) is 0.429. The van der Waals surface area contributed by atoms with E-state index >= 15 is 0 Å². The molecular weight excluding hydrogens is 410 g/mol. The van der Waals surface area contributed by atoms with Gasteiger partial charge in [-0.1, -0.05) is 19.8 Å². The van der Waals surface area contributed by atoms with Gasteiger partial charge in [0, 0.05) is 17.6 Å². The first kappa shape index (κ1) is 19.8. The molecule has 0 aromatic carbocycles. The van der Waals surface area contributed by atoms with Crippen molar-refractivity contribution in [2.75, 3.05) is 4.90 Å². The molecule has 9 nitrogen and oxygen atoms in total. The zero-order chi connectivity index (χ0) is 21.5. The number of anilines is 1. The van der Waals surface area contributed by atoms with Crippen LogP contribution in [0.4, 0.5) is 5.82 Å². The Kier molecular flexibility index (Phi) is 5.01. The second-order valence-corrected chi connectivity index (χ2v) is 8.68. The lowest BCUT2D eigenvalue weighted by Gasteiger charge is -2.41. The molecule has 3 aromatic heterocycles. The number of rotatable bonds is 5. The van der Waals surface area contributed by atoms with Crippen LogP contribution in [-0.2, 0) is 0 Å². The quantitative estimate of drug-likeness (QED) is 0.588. The first-order chi connectivity index (χ1) is 15.1. The molecule has 1 aliphatic carbocycles. The standard InChI is InChI=1S/C21H25N9S/c1-3-16-21-28-27-12(2)29(21)17-9-24-19(14(8-22)18(23)15-10-31-11-25-15)26-20(17)30(16)13-6-4-5-7-13/h8-11,13,16,22H,3-7,23H2,1-2H3/b18-14+,22-8?. The molecule has 0 bridgehead atoms. The summed E-state index contributed by atoms with van der Waals surface area (Å²) in [6.45, 7) is 4.13. The van der Waals surface area contributed by atoms with Crippen molar-refractivity contribution in [3.63, 3.8) is 0 Å². The van der Waals surface area contributed by atoms with Crippen LogP contribution in [0.25, 0.3) is 17.0 Å². The summed E-state index contributed by atoms with van der Waals surface area (Å²) < 4.78 is 2.07. The van der Waals surface area contributed by atoms with E-state index in [1.807, 2.05) is 18.5 Å². The molecule has 4 heterocycles. The second-order valence-electron chi connectivity index (χ2n) is 7.96. The Morgan fingerprint density at radius 1 is 1.29 bits per heavy atom. The summed E-state index contributed by atoms with van der Waals surface area (Å²) >= 11 is 1.46. The Labute approximate surface area is 184 Å². The maximum atomic E-state index is 7.98. The third-order valence-corrected chi connectivity index (χ3v) is 6.79. The minimum atomic E-state index is 0.0999. The van der Waals surface area contributed by atoms with E-state index in [0.717, 1.165) is 42.4 Å². The minimum absolute atomic E-state index is 0.0999. The second kappa shape index (κ2) is 7.84. The van der Waals surface area contributed by atoms with Crippen molar-refractivity contribution in [1.82, 2.24) is 29.7 Å². The van der Waals surface area contributed by atoms with Gasteiger partial charge in [0.2, 0.25) is 0 Å². The van der Waals surface area contributed by atoms with Crippen LogP contribution in [0.2, 0.25) is 0 Å². The van der Waals surface area contributed by atoms with Crippen LogP contribution in [0.1, 0.15) is 68.2 Å². The number of aryl methyl sites for hydroxylation is 1. The lowest BCUT2D eigenvalue weighted by Crippen LogP contribution is -2.42. The summed E-state index contributed by atoms with van der Waals surface area (Å²) in [5.74, 6) is 3.07. The van der Waals surface area contributed by atoms with Gasteiger partial charge in [-0.05, 0) is 26.2 Å². The van der Waals surface area contributed by atoms with Gasteiger partial charge in [0.05, 0.1) is 34.7 Å². The molecule has 3 N–H and O–H groups in total. The fourth-order valence-electron chi connectivity index (χ4n) is 4.74. The largest absolute Gasteiger partial charge is 0.396 e. The monoisotopic (exact) mass is 435 g/mol. The number of nitrogens with zero attached hydrogens (tertiary/aromatic N) is 7. The van der Waals surface area contributed by atoms with Gasteiger partial charge in [0.25, 0.3) is 0 Å². The molecule has 0 radical (unpaired) electrons. The van der Waals surface area contributed by atoms with Gasteiger partial charge in [0.1, 0.15) is 11.5 Å². The van der Waals surface area contributed by atoms with Crippen molar-refractivity contribution < 1.29 is 0 Å². The van der Waals surface area contributed by atoms with Crippen molar-refractivity contribution in [3.8, 4) is 5.69 Å². The van der Waals surface area contributed by atoms with Crippen LogP contribution in [0.5, 0.6) is 0 Å². The van der Waals surface area contributed by atoms with Crippen molar-refractivity contribution in [2.24, 2.45) is 5.73 Å². The third kappa shape index (κ3) is 3.13. The Bertz CT molecular complexity index is 1140. The molecule has 31 heavy (non-hydrogen) atoms. The first-order valence-electron chi connectivity index (χ1n) is 10.6. The van der Waals surface area contributed by atoms with E-state index in [1.54, 1.807) is 5.51 Å². The normalized spacial score (nSPS) is 19.2. The Morgan fingerprint density at radius 3 is 2.77 bits per heavy atom. The lowest BCUT2D eigenvalue weighted by atomic mass is 10.0. The van der Waals surface area contributed by atoms with Crippen molar-refractivity contribution in [2.45, 2.75) is 58.0 Å². The molecule has 1 atom stereocenters. The molecule has 160 valence electrons. The first-order valence-corrected chi connectivity index (χ1v) is 11.5. The van der Waals surface area contributed by atoms with Crippen LogP contribution < -0.4 is 10.6 Å². The summed E-state index contributed by atoms with van der Waals surface area (Å²) in [5.41, 5.74) is 10.5. The van der Waals surface area contributed by atoms with E-state index in [4.69, 9.17) is 16.1 Å². The molecular formula is C21H25N9S. The van der Waals surface area contributed by atoms with Crippen LogP contribution in [0.15, 0.2) is 17.1 Å². The summed E-state index contributed by atoms with van der Waals surface area (Å²) in [7, 11) is 0. The maximum absolute atomic E-state index is 7.98. The summed E-state index contributed by atoms with van der Waals surface area (Å²) in [6, 6.07) is 0.503. The predicted octanol–water partition coefficient (Wildman–Crippen LogP) is 3.51. The van der Waals surface area contributed by atoms with Crippen molar-refractivity contribution >= 4 is 34.6 Å². The van der Waals surface area contributed by atoms with Gasteiger partial charge in [-0.15, -0.1) is 21.5 Å².